The van der Waals surface area contributed by atoms with Crippen LogP contribution in [0.1, 0.15) is 0 Å². The minimum atomic E-state index is -0.274. The Bertz CT molecular complexity index is 1040. The van der Waals surface area contributed by atoms with Crippen LogP contribution in [-0.2, 0) is 11.3 Å². The van der Waals surface area contributed by atoms with Gasteiger partial charge in [0.15, 0.2) is 0 Å². The number of pyridine rings is 1. The Balaban J connectivity index is 1.47. The molecule has 8 heteroatoms. The second-order valence-electron chi connectivity index (χ2n) is 6.37. The van der Waals surface area contributed by atoms with Crippen LogP contribution in [0, 0.1) is 0 Å². The highest BCUT2D eigenvalue weighted by atomic mass is 35.5. The number of rotatable bonds is 3. The molecule has 0 bridgehead atoms. The van der Waals surface area contributed by atoms with E-state index in [0.29, 0.717) is 42.2 Å². The number of carbonyl (C=O) groups excluding carboxylic acids is 1. The maximum absolute atomic E-state index is 12.8. The number of benzene rings is 1. The van der Waals surface area contributed by atoms with Crippen molar-refractivity contribution in [3.63, 3.8) is 0 Å². The van der Waals surface area contributed by atoms with E-state index in [0.717, 1.165) is 5.69 Å². The fourth-order valence-electron chi connectivity index (χ4n) is 3.33. The van der Waals surface area contributed by atoms with Crippen LogP contribution in [0.5, 0.6) is 0 Å². The smallest absolute Gasteiger partial charge is 0.269 e. The molecule has 138 valence electrons. The maximum atomic E-state index is 12.8. The highest BCUT2D eigenvalue weighted by molar-refractivity contribution is 6.33. The maximum Gasteiger partial charge on any atom is 0.269 e. The molecule has 0 unspecified atom stereocenters. The standard InChI is InChI=1S/C19H18ClN5O2/c20-14-11-21-6-5-16(14)23-7-9-24(10-8-23)19(27)13-25-17-4-2-1-3-15(17)22-12-18(25)26/h1-6,11-12H,7-10,13H2. The van der Waals surface area contributed by atoms with Gasteiger partial charge >= 0.3 is 0 Å². The van der Waals surface area contributed by atoms with Gasteiger partial charge in [0.25, 0.3) is 5.56 Å². The van der Waals surface area contributed by atoms with Crippen molar-refractivity contribution >= 4 is 34.2 Å². The van der Waals surface area contributed by atoms with Crippen LogP contribution < -0.4 is 10.5 Å². The Morgan fingerprint density at radius 2 is 1.85 bits per heavy atom. The van der Waals surface area contributed by atoms with Crippen LogP contribution >= 0.6 is 11.6 Å². The lowest BCUT2D eigenvalue weighted by Gasteiger charge is -2.36. The molecule has 0 aliphatic carbocycles. The number of amides is 1. The molecule has 2 aromatic heterocycles. The first kappa shape index (κ1) is 17.5. The van der Waals surface area contributed by atoms with Gasteiger partial charge in [-0.1, -0.05) is 23.7 Å². The van der Waals surface area contributed by atoms with E-state index in [-0.39, 0.29) is 18.0 Å². The summed E-state index contributed by atoms with van der Waals surface area (Å²) in [5.74, 6) is -0.0751. The third kappa shape index (κ3) is 3.50. The van der Waals surface area contributed by atoms with Gasteiger partial charge in [0.2, 0.25) is 5.91 Å². The molecule has 1 fully saturated rings. The van der Waals surface area contributed by atoms with Gasteiger partial charge in [0.05, 0.1) is 27.9 Å². The number of anilines is 1. The molecule has 0 saturated carbocycles. The fraction of sp³-hybridized carbons (Fsp3) is 0.263. The van der Waals surface area contributed by atoms with Gasteiger partial charge in [-0.3, -0.25) is 19.1 Å². The number of piperazine rings is 1. The summed E-state index contributed by atoms with van der Waals surface area (Å²) >= 11 is 6.21. The summed E-state index contributed by atoms with van der Waals surface area (Å²) in [7, 11) is 0. The third-order valence-corrected chi connectivity index (χ3v) is 5.06. The van der Waals surface area contributed by atoms with Crippen LogP contribution in [0.25, 0.3) is 11.0 Å². The predicted octanol–water partition coefficient (Wildman–Crippen LogP) is 1.79. The lowest BCUT2D eigenvalue weighted by Crippen LogP contribution is -2.50. The van der Waals surface area contributed by atoms with Gasteiger partial charge in [-0.2, -0.15) is 0 Å². The number of halogens is 1. The van der Waals surface area contributed by atoms with Crippen LogP contribution in [-0.4, -0.2) is 51.5 Å². The average Bonchev–Trinajstić information content (AvgIpc) is 2.70. The molecule has 0 atom stereocenters. The van der Waals surface area contributed by atoms with Crippen LogP contribution in [0.3, 0.4) is 0 Å². The summed E-state index contributed by atoms with van der Waals surface area (Å²) in [4.78, 5) is 37.1. The Morgan fingerprint density at radius 1 is 1.07 bits per heavy atom. The molecule has 3 heterocycles. The largest absolute Gasteiger partial charge is 0.367 e. The lowest BCUT2D eigenvalue weighted by molar-refractivity contribution is -0.132. The Morgan fingerprint density at radius 3 is 2.63 bits per heavy atom. The van der Waals surface area contributed by atoms with E-state index >= 15 is 0 Å². The topological polar surface area (TPSA) is 71.3 Å². The number of nitrogens with zero attached hydrogens (tertiary/aromatic N) is 5. The summed E-state index contributed by atoms with van der Waals surface area (Å²) in [6, 6.07) is 9.20. The van der Waals surface area contributed by atoms with Gasteiger partial charge < -0.3 is 9.80 Å². The van der Waals surface area contributed by atoms with E-state index in [1.165, 1.54) is 10.8 Å². The number of fused-ring (bicyclic) bond motifs is 1. The Labute approximate surface area is 160 Å². The molecule has 1 saturated heterocycles. The zero-order valence-electron chi connectivity index (χ0n) is 14.6. The molecule has 27 heavy (non-hydrogen) atoms. The highest BCUT2D eigenvalue weighted by Crippen LogP contribution is 2.25. The van der Waals surface area contributed by atoms with E-state index < -0.39 is 0 Å². The highest BCUT2D eigenvalue weighted by Gasteiger charge is 2.23. The second kappa shape index (κ2) is 7.36. The van der Waals surface area contributed by atoms with E-state index in [2.05, 4.69) is 14.9 Å². The van der Waals surface area contributed by atoms with Crippen molar-refractivity contribution in [1.82, 2.24) is 19.4 Å². The van der Waals surface area contributed by atoms with Gasteiger partial charge in [0.1, 0.15) is 6.54 Å². The molecule has 0 radical (unpaired) electrons. The number of para-hydroxylation sites is 2. The Kier molecular flexibility index (Phi) is 4.77. The van der Waals surface area contributed by atoms with Crippen molar-refractivity contribution < 1.29 is 4.79 Å². The zero-order chi connectivity index (χ0) is 18.8. The van der Waals surface area contributed by atoms with Crippen molar-refractivity contribution in [2.45, 2.75) is 6.54 Å². The first-order chi connectivity index (χ1) is 13.1. The molecule has 1 aromatic carbocycles. The monoisotopic (exact) mass is 383 g/mol. The summed E-state index contributed by atoms with van der Waals surface area (Å²) < 4.78 is 1.48. The number of aromatic nitrogens is 3. The lowest BCUT2D eigenvalue weighted by atomic mass is 10.2. The van der Waals surface area contributed by atoms with Crippen molar-refractivity contribution in [1.29, 1.82) is 0 Å². The van der Waals surface area contributed by atoms with E-state index in [1.54, 1.807) is 23.4 Å². The number of hydrogen-bond donors (Lipinski definition) is 0. The fourth-order valence-corrected chi connectivity index (χ4v) is 3.57. The molecule has 1 amide bonds. The molecule has 3 aromatic rings. The predicted molar refractivity (Wildman–Crippen MR) is 104 cm³/mol. The van der Waals surface area contributed by atoms with Crippen molar-refractivity contribution in [3.8, 4) is 0 Å². The van der Waals surface area contributed by atoms with Crippen molar-refractivity contribution in [3.05, 3.63) is 64.3 Å². The minimum Gasteiger partial charge on any atom is -0.367 e. The first-order valence-electron chi connectivity index (χ1n) is 8.70. The van der Waals surface area contributed by atoms with Crippen LogP contribution in [0.2, 0.25) is 5.02 Å². The summed E-state index contributed by atoms with van der Waals surface area (Å²) in [5.41, 5.74) is 2.02. The number of carbonyl (C=O) groups is 1. The molecular weight excluding hydrogens is 366 g/mol. The van der Waals surface area contributed by atoms with Crippen LogP contribution in [0.4, 0.5) is 5.69 Å². The van der Waals surface area contributed by atoms with Crippen molar-refractivity contribution in [2.75, 3.05) is 31.1 Å². The Hall–Kier alpha value is -2.93. The molecule has 7 nitrogen and oxygen atoms in total. The number of hydrogen-bond acceptors (Lipinski definition) is 5. The summed E-state index contributed by atoms with van der Waals surface area (Å²) in [6.07, 6.45) is 4.59. The SMILES string of the molecule is O=C(Cn1c(=O)cnc2ccccc21)N1CCN(c2ccncc2Cl)CC1. The summed E-state index contributed by atoms with van der Waals surface area (Å²) in [5, 5.41) is 0.604. The average molecular weight is 384 g/mol. The van der Waals surface area contributed by atoms with Gasteiger partial charge in [-0.15, -0.1) is 0 Å². The van der Waals surface area contributed by atoms with Gasteiger partial charge in [-0.05, 0) is 18.2 Å². The molecule has 1 aliphatic rings. The molecule has 0 N–H and O–H groups in total. The zero-order valence-corrected chi connectivity index (χ0v) is 15.3. The summed E-state index contributed by atoms with van der Waals surface area (Å²) in [6.45, 7) is 2.53. The first-order valence-corrected chi connectivity index (χ1v) is 9.08. The van der Waals surface area contributed by atoms with Crippen molar-refractivity contribution in [2.24, 2.45) is 0 Å². The van der Waals surface area contributed by atoms with Gasteiger partial charge in [-0.25, -0.2) is 4.98 Å². The minimum absolute atomic E-state index is 0.0118. The normalized spacial score (nSPS) is 14.6. The second-order valence-corrected chi connectivity index (χ2v) is 6.77. The van der Waals surface area contributed by atoms with E-state index in [1.807, 2.05) is 24.3 Å². The third-order valence-electron chi connectivity index (χ3n) is 4.77. The quantitative estimate of drug-likeness (QED) is 0.689. The van der Waals surface area contributed by atoms with E-state index in [9.17, 15) is 9.59 Å². The molecule has 0 spiro atoms. The van der Waals surface area contributed by atoms with Crippen LogP contribution in [0.15, 0.2) is 53.7 Å². The van der Waals surface area contributed by atoms with Gasteiger partial charge in [0, 0.05) is 38.6 Å². The molecule has 1 aliphatic heterocycles. The van der Waals surface area contributed by atoms with E-state index in [4.69, 9.17) is 11.6 Å². The molecular formula is C19H18ClN5O2. The molecule has 4 rings (SSSR count).